The number of hydrogen-bond donors (Lipinski definition) is 4. The summed E-state index contributed by atoms with van der Waals surface area (Å²) < 4.78 is 0. The highest BCUT2D eigenvalue weighted by Gasteiger charge is 2.05. The van der Waals surface area contributed by atoms with E-state index in [1.807, 2.05) is 18.2 Å². The number of unbranched alkanes of at least 4 members (excludes halogenated alkanes) is 2. The Hall–Kier alpha value is -1.11. The lowest BCUT2D eigenvalue weighted by atomic mass is 10.3. The van der Waals surface area contributed by atoms with Gasteiger partial charge in [-0.3, -0.25) is 0 Å². The Morgan fingerprint density at radius 1 is 0.957 bits per heavy atom. The molecule has 4 N–H and O–H groups in total. The lowest BCUT2D eigenvalue weighted by molar-refractivity contribution is 0.758. The summed E-state index contributed by atoms with van der Waals surface area (Å²) in [5.74, 6) is 0. The summed E-state index contributed by atoms with van der Waals surface area (Å²) in [7, 11) is 0. The molecule has 0 radical (unpaired) electrons. The summed E-state index contributed by atoms with van der Waals surface area (Å²) >= 11 is 16.8. The van der Waals surface area contributed by atoms with E-state index in [1.165, 1.54) is 0 Å². The highest BCUT2D eigenvalue weighted by Crippen LogP contribution is 2.25. The Balaban J connectivity index is 2.50. The van der Waals surface area contributed by atoms with Crippen LogP contribution >= 0.6 is 36.0 Å². The van der Waals surface area contributed by atoms with Gasteiger partial charge in [0.15, 0.2) is 10.2 Å². The smallest absolute Gasteiger partial charge is 0.170 e. The number of thiocarbonyl (C=S) groups is 2. The van der Waals surface area contributed by atoms with Crippen molar-refractivity contribution in [1.29, 1.82) is 0 Å². The molecule has 0 amide bonds. The minimum Gasteiger partial charge on any atom is -0.362 e. The predicted octanol–water partition coefficient (Wildman–Crippen LogP) is 4.51. The van der Waals surface area contributed by atoms with Gasteiger partial charge in [-0.15, -0.1) is 0 Å². The summed E-state index contributed by atoms with van der Waals surface area (Å²) in [5.41, 5.74) is 1.62. The third kappa shape index (κ3) is 8.34. The fourth-order valence-corrected chi connectivity index (χ4v) is 2.45. The van der Waals surface area contributed by atoms with Gasteiger partial charge in [0, 0.05) is 18.8 Å². The molecule has 23 heavy (non-hydrogen) atoms. The maximum Gasteiger partial charge on any atom is 0.170 e. The first-order valence-corrected chi connectivity index (χ1v) is 9.15. The zero-order chi connectivity index (χ0) is 17.1. The van der Waals surface area contributed by atoms with Gasteiger partial charge in [-0.1, -0.05) is 38.3 Å². The van der Waals surface area contributed by atoms with Crippen molar-refractivity contribution in [2.45, 2.75) is 39.5 Å². The zero-order valence-electron chi connectivity index (χ0n) is 13.7. The fraction of sp³-hybridized carbons (Fsp3) is 0.500. The third-order valence-corrected chi connectivity index (χ3v) is 3.91. The first-order valence-electron chi connectivity index (χ1n) is 7.96. The summed E-state index contributed by atoms with van der Waals surface area (Å²) in [6.45, 7) is 6.01. The highest BCUT2D eigenvalue weighted by molar-refractivity contribution is 7.80. The number of nitrogens with one attached hydrogen (secondary N) is 4. The van der Waals surface area contributed by atoms with Gasteiger partial charge in [0.1, 0.15) is 0 Å². The predicted molar refractivity (Wildman–Crippen MR) is 110 cm³/mol. The fourth-order valence-electron chi connectivity index (χ4n) is 1.79. The van der Waals surface area contributed by atoms with Crippen molar-refractivity contribution in [3.63, 3.8) is 0 Å². The van der Waals surface area contributed by atoms with Crippen LogP contribution in [-0.4, -0.2) is 23.3 Å². The van der Waals surface area contributed by atoms with E-state index in [0.717, 1.165) is 50.1 Å². The monoisotopic (exact) mass is 372 g/mol. The Kier molecular flexibility index (Phi) is 9.91. The van der Waals surface area contributed by atoms with Gasteiger partial charge in [-0.2, -0.15) is 0 Å². The van der Waals surface area contributed by atoms with Crippen LogP contribution in [0.2, 0.25) is 5.02 Å². The van der Waals surface area contributed by atoms with E-state index < -0.39 is 0 Å². The quantitative estimate of drug-likeness (QED) is 0.398. The molecule has 0 aliphatic heterocycles. The largest absolute Gasteiger partial charge is 0.362 e. The van der Waals surface area contributed by atoms with Gasteiger partial charge in [0.2, 0.25) is 0 Å². The van der Waals surface area contributed by atoms with Crippen LogP contribution in [0.15, 0.2) is 18.2 Å². The van der Waals surface area contributed by atoms with Crippen LogP contribution in [0.25, 0.3) is 0 Å². The molecule has 7 heteroatoms. The molecule has 0 bridgehead atoms. The standard InChI is InChI=1S/C16H25ClN4S2/c1-3-5-9-18-15(22)20-12-7-8-14(13(17)11-12)21-16(23)19-10-6-4-2/h7-8,11H,3-6,9-10H2,1-2H3,(H2,18,20,22)(H2,19,21,23). The molecule has 1 rings (SSSR count). The number of benzene rings is 1. The van der Waals surface area contributed by atoms with Crippen LogP contribution in [0.3, 0.4) is 0 Å². The molecule has 4 nitrogen and oxygen atoms in total. The molecule has 0 aromatic heterocycles. The van der Waals surface area contributed by atoms with Gasteiger partial charge < -0.3 is 21.3 Å². The highest BCUT2D eigenvalue weighted by atomic mass is 35.5. The van der Waals surface area contributed by atoms with Gasteiger partial charge >= 0.3 is 0 Å². The second-order valence-corrected chi connectivity index (χ2v) is 6.39. The Bertz CT molecular complexity index is 523. The molecule has 0 saturated heterocycles. The molecule has 128 valence electrons. The van der Waals surface area contributed by atoms with Crippen LogP contribution in [0.5, 0.6) is 0 Å². The lowest BCUT2D eigenvalue weighted by Gasteiger charge is -2.14. The van der Waals surface area contributed by atoms with Crippen molar-refractivity contribution in [3.05, 3.63) is 23.2 Å². The normalized spacial score (nSPS) is 10.0. The van der Waals surface area contributed by atoms with E-state index in [1.54, 1.807) is 0 Å². The van der Waals surface area contributed by atoms with Crippen LogP contribution in [0.4, 0.5) is 11.4 Å². The number of hydrogen-bond acceptors (Lipinski definition) is 2. The van der Waals surface area contributed by atoms with Crippen LogP contribution < -0.4 is 21.3 Å². The molecule has 0 unspecified atom stereocenters. The molecular weight excluding hydrogens is 348 g/mol. The van der Waals surface area contributed by atoms with Crippen LogP contribution in [0.1, 0.15) is 39.5 Å². The van der Waals surface area contributed by atoms with Gasteiger partial charge in [-0.05, 0) is 55.5 Å². The second kappa shape index (κ2) is 11.4. The van der Waals surface area contributed by atoms with E-state index in [2.05, 4.69) is 35.1 Å². The molecule has 0 saturated carbocycles. The number of anilines is 2. The van der Waals surface area contributed by atoms with Crippen molar-refractivity contribution < 1.29 is 0 Å². The van der Waals surface area contributed by atoms with Gasteiger partial charge in [0.05, 0.1) is 10.7 Å². The average Bonchev–Trinajstić information content (AvgIpc) is 2.50. The molecule has 0 aliphatic carbocycles. The molecule has 1 aromatic carbocycles. The molecule has 0 atom stereocenters. The van der Waals surface area contributed by atoms with Crippen LogP contribution in [-0.2, 0) is 0 Å². The van der Waals surface area contributed by atoms with Gasteiger partial charge in [-0.25, -0.2) is 0 Å². The van der Waals surface area contributed by atoms with E-state index in [-0.39, 0.29) is 0 Å². The van der Waals surface area contributed by atoms with Crippen molar-refractivity contribution >= 4 is 57.6 Å². The topological polar surface area (TPSA) is 48.1 Å². The van der Waals surface area contributed by atoms with E-state index in [9.17, 15) is 0 Å². The zero-order valence-corrected chi connectivity index (χ0v) is 16.1. The maximum atomic E-state index is 6.29. The molecular formula is C16H25ClN4S2. The Morgan fingerprint density at radius 2 is 1.52 bits per heavy atom. The van der Waals surface area contributed by atoms with Crippen molar-refractivity contribution in [1.82, 2.24) is 10.6 Å². The first kappa shape index (κ1) is 19.9. The average molecular weight is 373 g/mol. The van der Waals surface area contributed by atoms with Crippen molar-refractivity contribution in [2.24, 2.45) is 0 Å². The van der Waals surface area contributed by atoms with E-state index in [4.69, 9.17) is 36.0 Å². The summed E-state index contributed by atoms with van der Waals surface area (Å²) in [6, 6.07) is 5.62. The molecule has 0 fully saturated rings. The van der Waals surface area contributed by atoms with Crippen LogP contribution in [0, 0.1) is 0 Å². The minimum atomic E-state index is 0.581. The third-order valence-electron chi connectivity index (χ3n) is 3.11. The van der Waals surface area contributed by atoms with E-state index in [0.29, 0.717) is 15.2 Å². The summed E-state index contributed by atoms with van der Waals surface area (Å²) in [5, 5.41) is 14.3. The molecule has 0 heterocycles. The van der Waals surface area contributed by atoms with Gasteiger partial charge in [0.25, 0.3) is 0 Å². The molecule has 0 spiro atoms. The first-order chi connectivity index (χ1) is 11.1. The van der Waals surface area contributed by atoms with Crippen molar-refractivity contribution in [2.75, 3.05) is 23.7 Å². The Labute approximate surface area is 154 Å². The maximum absolute atomic E-state index is 6.29. The molecule has 1 aromatic rings. The Morgan fingerprint density at radius 3 is 2.04 bits per heavy atom. The SMILES string of the molecule is CCCCNC(=S)Nc1ccc(NC(=S)NCCCC)c(Cl)c1. The summed E-state index contributed by atoms with van der Waals surface area (Å²) in [6.07, 6.45) is 4.44. The second-order valence-electron chi connectivity index (χ2n) is 5.16. The van der Waals surface area contributed by atoms with Crippen molar-refractivity contribution in [3.8, 4) is 0 Å². The minimum absolute atomic E-state index is 0.581. The summed E-state index contributed by atoms with van der Waals surface area (Å²) in [4.78, 5) is 0. The lowest BCUT2D eigenvalue weighted by Crippen LogP contribution is -2.29. The number of halogens is 1. The molecule has 0 aliphatic rings. The number of rotatable bonds is 8. The van der Waals surface area contributed by atoms with E-state index >= 15 is 0 Å².